The molecule has 1 atom stereocenters. The van der Waals surface area contributed by atoms with Gasteiger partial charge in [0.1, 0.15) is 0 Å². The van der Waals surface area contributed by atoms with E-state index in [0.29, 0.717) is 0 Å². The number of hydrogen-bond acceptors (Lipinski definition) is 2. The van der Waals surface area contributed by atoms with Crippen LogP contribution in [0.5, 0.6) is 0 Å². The quantitative estimate of drug-likeness (QED) is 0.515. The number of amides is 1. The van der Waals surface area contributed by atoms with Gasteiger partial charge in [-0.3, -0.25) is 9.59 Å². The Morgan fingerprint density at radius 2 is 2.00 bits per heavy atom. The standard InChI is InChI=1S/C8H13NO2/c1-5(2)8-6(10)4-7(11)9(8)3/h5,8H,4H2,1-3H3/t8-/m0/s1. The number of Topliss-reactive ketones (excluding diaryl/α,β-unsaturated/α-hetero) is 1. The SMILES string of the molecule is CC(C)[C@H]1C(=O)CC(=O)N1C. The number of hydrogen-bond donors (Lipinski definition) is 0. The lowest BCUT2D eigenvalue weighted by molar-refractivity contribution is -0.128. The molecule has 0 saturated carbocycles. The van der Waals surface area contributed by atoms with Crippen molar-refractivity contribution in [2.24, 2.45) is 5.92 Å². The molecule has 0 radical (unpaired) electrons. The van der Waals surface area contributed by atoms with E-state index in [1.807, 2.05) is 13.8 Å². The first-order valence-corrected chi connectivity index (χ1v) is 3.82. The fraction of sp³-hybridized carbons (Fsp3) is 0.750. The Bertz CT molecular complexity index is 198. The van der Waals surface area contributed by atoms with Crippen molar-refractivity contribution < 1.29 is 9.59 Å². The molecule has 0 spiro atoms. The van der Waals surface area contributed by atoms with Gasteiger partial charge in [0, 0.05) is 7.05 Å². The average molecular weight is 155 g/mol. The zero-order valence-electron chi connectivity index (χ0n) is 7.13. The van der Waals surface area contributed by atoms with Crippen molar-refractivity contribution in [2.45, 2.75) is 26.3 Å². The number of nitrogens with zero attached hydrogens (tertiary/aromatic N) is 1. The Kier molecular flexibility index (Phi) is 1.98. The molecule has 0 N–H and O–H groups in total. The highest BCUT2D eigenvalue weighted by Gasteiger charge is 2.37. The Morgan fingerprint density at radius 3 is 2.18 bits per heavy atom. The summed E-state index contributed by atoms with van der Waals surface area (Å²) < 4.78 is 0. The Balaban J connectivity index is 2.79. The van der Waals surface area contributed by atoms with Crippen molar-refractivity contribution in [3.63, 3.8) is 0 Å². The van der Waals surface area contributed by atoms with Gasteiger partial charge in [-0.25, -0.2) is 0 Å². The summed E-state index contributed by atoms with van der Waals surface area (Å²) >= 11 is 0. The molecule has 3 nitrogen and oxygen atoms in total. The summed E-state index contributed by atoms with van der Waals surface area (Å²) in [5, 5.41) is 0. The third kappa shape index (κ3) is 1.27. The highest BCUT2D eigenvalue weighted by Crippen LogP contribution is 2.19. The van der Waals surface area contributed by atoms with Crippen LogP contribution in [0.15, 0.2) is 0 Å². The normalized spacial score (nSPS) is 25.5. The molecular formula is C8H13NO2. The largest absolute Gasteiger partial charge is 0.335 e. The van der Waals surface area contributed by atoms with E-state index in [2.05, 4.69) is 0 Å². The Morgan fingerprint density at radius 1 is 1.45 bits per heavy atom. The maximum Gasteiger partial charge on any atom is 0.230 e. The van der Waals surface area contributed by atoms with Crippen LogP contribution in [0.4, 0.5) is 0 Å². The van der Waals surface area contributed by atoms with E-state index in [-0.39, 0.29) is 30.1 Å². The average Bonchev–Trinajstić information content (AvgIpc) is 2.07. The van der Waals surface area contributed by atoms with Crippen molar-refractivity contribution >= 4 is 11.7 Å². The second-order valence-corrected chi connectivity index (χ2v) is 3.34. The second-order valence-electron chi connectivity index (χ2n) is 3.34. The van der Waals surface area contributed by atoms with E-state index in [1.165, 1.54) is 0 Å². The monoisotopic (exact) mass is 155 g/mol. The molecule has 11 heavy (non-hydrogen) atoms. The van der Waals surface area contributed by atoms with Crippen LogP contribution in [-0.4, -0.2) is 29.7 Å². The fourth-order valence-corrected chi connectivity index (χ4v) is 1.57. The van der Waals surface area contributed by atoms with Gasteiger partial charge in [0.2, 0.25) is 5.91 Å². The summed E-state index contributed by atoms with van der Waals surface area (Å²) in [5.74, 6) is 0.250. The maximum atomic E-state index is 11.2. The molecule has 0 aromatic carbocycles. The van der Waals surface area contributed by atoms with Crippen molar-refractivity contribution in [3.8, 4) is 0 Å². The van der Waals surface area contributed by atoms with Crippen molar-refractivity contribution in [3.05, 3.63) is 0 Å². The van der Waals surface area contributed by atoms with Crippen molar-refractivity contribution in [1.29, 1.82) is 0 Å². The molecule has 3 heteroatoms. The van der Waals surface area contributed by atoms with Crippen LogP contribution in [0.2, 0.25) is 0 Å². The summed E-state index contributed by atoms with van der Waals surface area (Å²) in [6.07, 6.45) is 0.0966. The van der Waals surface area contributed by atoms with Crippen molar-refractivity contribution in [1.82, 2.24) is 4.90 Å². The molecular weight excluding hydrogens is 142 g/mol. The highest BCUT2D eigenvalue weighted by molar-refractivity contribution is 6.07. The van der Waals surface area contributed by atoms with Gasteiger partial charge in [0.05, 0.1) is 12.5 Å². The number of ketones is 1. The molecule has 0 aliphatic carbocycles. The molecule has 62 valence electrons. The number of carbonyl (C=O) groups is 2. The van der Waals surface area contributed by atoms with E-state index in [9.17, 15) is 9.59 Å². The van der Waals surface area contributed by atoms with Crippen LogP contribution in [-0.2, 0) is 9.59 Å². The number of rotatable bonds is 1. The molecule has 1 amide bonds. The first kappa shape index (κ1) is 8.24. The van der Waals surface area contributed by atoms with Gasteiger partial charge in [-0.1, -0.05) is 13.8 Å². The van der Waals surface area contributed by atoms with E-state index < -0.39 is 0 Å². The molecule has 0 aromatic heterocycles. The maximum absolute atomic E-state index is 11.2. The topological polar surface area (TPSA) is 37.4 Å². The minimum atomic E-state index is -0.178. The summed E-state index contributed by atoms with van der Waals surface area (Å²) in [6, 6.07) is -0.178. The minimum Gasteiger partial charge on any atom is -0.335 e. The molecule has 1 fully saturated rings. The third-order valence-electron chi connectivity index (χ3n) is 2.10. The predicted molar refractivity (Wildman–Crippen MR) is 41.0 cm³/mol. The summed E-state index contributed by atoms with van der Waals surface area (Å²) in [4.78, 5) is 23.7. The lowest BCUT2D eigenvalue weighted by atomic mass is 10.0. The van der Waals surface area contributed by atoms with Crippen LogP contribution in [0.1, 0.15) is 20.3 Å². The smallest absolute Gasteiger partial charge is 0.230 e. The van der Waals surface area contributed by atoms with E-state index in [4.69, 9.17) is 0 Å². The molecule has 0 unspecified atom stereocenters. The van der Waals surface area contributed by atoms with Crippen molar-refractivity contribution in [2.75, 3.05) is 7.05 Å². The molecule has 1 rings (SSSR count). The predicted octanol–water partition coefficient (Wildman–Crippen LogP) is 0.442. The minimum absolute atomic E-state index is 0.0475. The Labute approximate surface area is 66.4 Å². The van der Waals surface area contributed by atoms with Crippen LogP contribution < -0.4 is 0 Å². The fourth-order valence-electron chi connectivity index (χ4n) is 1.57. The lowest BCUT2D eigenvalue weighted by Crippen LogP contribution is -2.36. The number of likely N-dealkylation sites (tertiary alicyclic amines) is 1. The highest BCUT2D eigenvalue weighted by atomic mass is 16.2. The van der Waals surface area contributed by atoms with Crippen LogP contribution in [0.3, 0.4) is 0 Å². The third-order valence-corrected chi connectivity index (χ3v) is 2.10. The van der Waals surface area contributed by atoms with E-state index in [0.717, 1.165) is 0 Å². The molecule has 1 aliphatic heterocycles. The summed E-state index contributed by atoms with van der Waals surface area (Å²) in [7, 11) is 1.69. The zero-order chi connectivity index (χ0) is 8.59. The lowest BCUT2D eigenvalue weighted by Gasteiger charge is -2.21. The van der Waals surface area contributed by atoms with E-state index >= 15 is 0 Å². The van der Waals surface area contributed by atoms with Crippen LogP contribution in [0, 0.1) is 5.92 Å². The molecule has 1 saturated heterocycles. The van der Waals surface area contributed by atoms with Crippen LogP contribution >= 0.6 is 0 Å². The zero-order valence-corrected chi connectivity index (χ0v) is 7.13. The molecule has 0 bridgehead atoms. The van der Waals surface area contributed by atoms with Gasteiger partial charge in [0.15, 0.2) is 5.78 Å². The second kappa shape index (κ2) is 2.64. The first-order chi connectivity index (χ1) is 5.04. The van der Waals surface area contributed by atoms with Gasteiger partial charge in [-0.2, -0.15) is 0 Å². The number of carbonyl (C=O) groups excluding carboxylic acids is 2. The van der Waals surface area contributed by atoms with Gasteiger partial charge in [0.25, 0.3) is 0 Å². The number of likely N-dealkylation sites (N-methyl/N-ethyl adjacent to an activating group) is 1. The summed E-state index contributed by atoms with van der Waals surface area (Å²) in [6.45, 7) is 3.91. The molecule has 1 aliphatic rings. The van der Waals surface area contributed by atoms with Crippen LogP contribution in [0.25, 0.3) is 0 Å². The van der Waals surface area contributed by atoms with Gasteiger partial charge in [-0.05, 0) is 5.92 Å². The van der Waals surface area contributed by atoms with Gasteiger partial charge in [-0.15, -0.1) is 0 Å². The summed E-state index contributed by atoms with van der Waals surface area (Å²) in [5.41, 5.74) is 0. The van der Waals surface area contributed by atoms with E-state index in [1.54, 1.807) is 11.9 Å². The molecule has 0 aromatic rings. The molecule has 1 heterocycles. The Hall–Kier alpha value is -0.860. The van der Waals surface area contributed by atoms with Gasteiger partial charge < -0.3 is 4.90 Å². The van der Waals surface area contributed by atoms with Gasteiger partial charge >= 0.3 is 0 Å². The first-order valence-electron chi connectivity index (χ1n) is 3.82.